The molecule has 0 spiro atoms. The fourth-order valence-corrected chi connectivity index (χ4v) is 2.54. The first kappa shape index (κ1) is 12.2. The van der Waals surface area contributed by atoms with Crippen LogP contribution >= 0.6 is 11.6 Å². The zero-order chi connectivity index (χ0) is 12.4. The monoisotopic (exact) mass is 253 g/mol. The first-order chi connectivity index (χ1) is 8.08. The van der Waals surface area contributed by atoms with Gasteiger partial charge in [0.15, 0.2) is 0 Å². The number of hydrogen-bond donors (Lipinski definition) is 2. The summed E-state index contributed by atoms with van der Waals surface area (Å²) in [5, 5.41) is 12.4. The van der Waals surface area contributed by atoms with Crippen molar-refractivity contribution in [2.24, 2.45) is 11.8 Å². The van der Waals surface area contributed by atoms with Crippen molar-refractivity contribution in [2.75, 3.05) is 5.32 Å². The predicted octanol–water partition coefficient (Wildman–Crippen LogP) is 3.42. The van der Waals surface area contributed by atoms with Crippen molar-refractivity contribution in [3.8, 4) is 5.75 Å². The number of hydrogen-bond acceptors (Lipinski definition) is 2. The van der Waals surface area contributed by atoms with E-state index in [1.165, 1.54) is 6.07 Å². The van der Waals surface area contributed by atoms with Crippen molar-refractivity contribution in [2.45, 2.75) is 26.2 Å². The Balaban J connectivity index is 2.05. The van der Waals surface area contributed by atoms with Gasteiger partial charge in [0, 0.05) is 11.6 Å². The van der Waals surface area contributed by atoms with Gasteiger partial charge in [0.25, 0.3) is 0 Å². The minimum Gasteiger partial charge on any atom is -0.506 e. The number of carbonyl (C=O) groups is 1. The van der Waals surface area contributed by atoms with Crippen molar-refractivity contribution in [1.82, 2.24) is 0 Å². The summed E-state index contributed by atoms with van der Waals surface area (Å²) in [5.74, 6) is 0.626. The fourth-order valence-electron chi connectivity index (χ4n) is 2.35. The van der Waals surface area contributed by atoms with Gasteiger partial charge in [0.05, 0.1) is 5.02 Å². The molecule has 17 heavy (non-hydrogen) atoms. The maximum absolute atomic E-state index is 12.0. The van der Waals surface area contributed by atoms with E-state index in [1.807, 2.05) is 0 Å². The number of phenols is 1. The van der Waals surface area contributed by atoms with Crippen LogP contribution in [0.15, 0.2) is 18.2 Å². The topological polar surface area (TPSA) is 49.3 Å². The lowest BCUT2D eigenvalue weighted by Gasteiger charge is -2.15. The highest BCUT2D eigenvalue weighted by atomic mass is 35.5. The maximum atomic E-state index is 12.0. The van der Waals surface area contributed by atoms with Crippen LogP contribution in [0.3, 0.4) is 0 Å². The van der Waals surface area contributed by atoms with Gasteiger partial charge in [-0.25, -0.2) is 0 Å². The molecule has 1 fully saturated rings. The molecule has 1 aromatic carbocycles. The largest absolute Gasteiger partial charge is 0.506 e. The minimum atomic E-state index is 0.0268. The summed E-state index contributed by atoms with van der Waals surface area (Å²) in [4.78, 5) is 12.0. The van der Waals surface area contributed by atoms with Crippen LogP contribution in [0.1, 0.15) is 26.2 Å². The number of aromatic hydroxyl groups is 1. The molecule has 0 heterocycles. The Morgan fingerprint density at radius 1 is 1.47 bits per heavy atom. The number of rotatable bonds is 2. The Labute approximate surface area is 106 Å². The van der Waals surface area contributed by atoms with E-state index >= 15 is 0 Å². The number of benzene rings is 1. The second kappa shape index (κ2) is 4.96. The number of halogens is 1. The number of anilines is 1. The van der Waals surface area contributed by atoms with Crippen molar-refractivity contribution in [3.05, 3.63) is 23.2 Å². The lowest BCUT2D eigenvalue weighted by atomic mass is 9.97. The molecule has 2 atom stereocenters. The van der Waals surface area contributed by atoms with Gasteiger partial charge in [0.2, 0.25) is 5.91 Å². The molecule has 1 aliphatic rings. The lowest BCUT2D eigenvalue weighted by Crippen LogP contribution is -2.24. The second-order valence-corrected chi connectivity index (χ2v) is 5.08. The number of amides is 1. The van der Waals surface area contributed by atoms with Crippen LogP contribution in [-0.2, 0) is 4.79 Å². The normalized spacial score (nSPS) is 23.6. The SMILES string of the molecule is CC1CCCC1C(=O)Nc1ccc(O)c(Cl)c1. The van der Waals surface area contributed by atoms with E-state index in [-0.39, 0.29) is 22.6 Å². The van der Waals surface area contributed by atoms with Crippen LogP contribution < -0.4 is 5.32 Å². The van der Waals surface area contributed by atoms with E-state index in [0.717, 1.165) is 19.3 Å². The van der Waals surface area contributed by atoms with Gasteiger partial charge in [-0.3, -0.25) is 4.79 Å². The lowest BCUT2D eigenvalue weighted by molar-refractivity contribution is -0.120. The van der Waals surface area contributed by atoms with E-state index in [1.54, 1.807) is 12.1 Å². The Kier molecular flexibility index (Phi) is 3.57. The van der Waals surface area contributed by atoms with Crippen molar-refractivity contribution in [1.29, 1.82) is 0 Å². The molecule has 1 aliphatic carbocycles. The van der Waals surface area contributed by atoms with E-state index < -0.39 is 0 Å². The molecule has 0 aromatic heterocycles. The molecule has 0 radical (unpaired) electrons. The van der Waals surface area contributed by atoms with Crippen molar-refractivity contribution in [3.63, 3.8) is 0 Å². The summed E-state index contributed by atoms with van der Waals surface area (Å²) in [6.07, 6.45) is 3.20. The third-order valence-corrected chi connectivity index (χ3v) is 3.72. The molecule has 2 N–H and O–H groups in total. The third kappa shape index (κ3) is 2.72. The Morgan fingerprint density at radius 2 is 2.24 bits per heavy atom. The maximum Gasteiger partial charge on any atom is 0.227 e. The van der Waals surface area contributed by atoms with Gasteiger partial charge in [-0.2, -0.15) is 0 Å². The van der Waals surface area contributed by atoms with E-state index in [4.69, 9.17) is 11.6 Å². The van der Waals surface area contributed by atoms with Gasteiger partial charge in [-0.15, -0.1) is 0 Å². The van der Waals surface area contributed by atoms with Crippen LogP contribution in [0, 0.1) is 11.8 Å². The van der Waals surface area contributed by atoms with E-state index in [2.05, 4.69) is 12.2 Å². The quantitative estimate of drug-likeness (QED) is 0.794. The molecule has 2 rings (SSSR count). The second-order valence-electron chi connectivity index (χ2n) is 4.67. The summed E-state index contributed by atoms with van der Waals surface area (Å²) in [6, 6.07) is 4.70. The Morgan fingerprint density at radius 3 is 2.82 bits per heavy atom. The van der Waals surface area contributed by atoms with Gasteiger partial charge >= 0.3 is 0 Å². The van der Waals surface area contributed by atoms with Gasteiger partial charge in [-0.1, -0.05) is 24.9 Å². The minimum absolute atomic E-state index is 0.0268. The summed E-state index contributed by atoms with van der Waals surface area (Å²) in [5.41, 5.74) is 0.636. The molecule has 1 amide bonds. The van der Waals surface area contributed by atoms with Crippen molar-refractivity contribution < 1.29 is 9.90 Å². The van der Waals surface area contributed by atoms with Crippen LogP contribution in [-0.4, -0.2) is 11.0 Å². The number of carbonyl (C=O) groups excluding carboxylic acids is 1. The van der Waals surface area contributed by atoms with Crippen LogP contribution in [0.4, 0.5) is 5.69 Å². The molecule has 1 aromatic rings. The van der Waals surface area contributed by atoms with E-state index in [9.17, 15) is 9.90 Å². The summed E-state index contributed by atoms with van der Waals surface area (Å²) in [7, 11) is 0. The highest BCUT2D eigenvalue weighted by Gasteiger charge is 2.29. The highest BCUT2D eigenvalue weighted by Crippen LogP contribution is 2.32. The first-order valence-corrected chi connectivity index (χ1v) is 6.25. The predicted molar refractivity (Wildman–Crippen MR) is 68.3 cm³/mol. The van der Waals surface area contributed by atoms with Crippen molar-refractivity contribution >= 4 is 23.2 Å². The molecule has 1 saturated carbocycles. The number of nitrogens with one attached hydrogen (secondary N) is 1. The van der Waals surface area contributed by atoms with Crippen LogP contribution in [0.2, 0.25) is 5.02 Å². The van der Waals surface area contributed by atoms with Crippen LogP contribution in [0.25, 0.3) is 0 Å². The molecule has 92 valence electrons. The molecule has 0 aliphatic heterocycles. The fraction of sp³-hybridized carbons (Fsp3) is 0.462. The smallest absolute Gasteiger partial charge is 0.227 e. The highest BCUT2D eigenvalue weighted by molar-refractivity contribution is 6.32. The summed E-state index contributed by atoms with van der Waals surface area (Å²) in [6.45, 7) is 2.11. The molecular weight excluding hydrogens is 238 g/mol. The number of phenolic OH excluding ortho intramolecular Hbond substituents is 1. The average molecular weight is 254 g/mol. The van der Waals surface area contributed by atoms with Gasteiger partial charge in [0.1, 0.15) is 5.75 Å². The molecule has 3 nitrogen and oxygen atoms in total. The van der Waals surface area contributed by atoms with Gasteiger partial charge < -0.3 is 10.4 Å². The Bertz CT molecular complexity index is 433. The first-order valence-electron chi connectivity index (χ1n) is 5.87. The standard InChI is InChI=1S/C13H16ClNO2/c1-8-3-2-4-10(8)13(17)15-9-5-6-12(16)11(14)7-9/h5-8,10,16H,2-4H2,1H3,(H,15,17). The van der Waals surface area contributed by atoms with E-state index in [0.29, 0.717) is 11.6 Å². The van der Waals surface area contributed by atoms with Crippen LogP contribution in [0.5, 0.6) is 5.75 Å². The molecule has 2 unspecified atom stereocenters. The molecular formula is C13H16ClNO2. The zero-order valence-electron chi connectivity index (χ0n) is 9.74. The molecule has 4 heteroatoms. The molecule has 0 saturated heterocycles. The average Bonchev–Trinajstić information content (AvgIpc) is 2.70. The third-order valence-electron chi connectivity index (χ3n) is 3.41. The van der Waals surface area contributed by atoms with Gasteiger partial charge in [-0.05, 0) is 37.0 Å². The summed E-state index contributed by atoms with van der Waals surface area (Å²) >= 11 is 5.78. The Hall–Kier alpha value is -1.22. The summed E-state index contributed by atoms with van der Waals surface area (Å²) < 4.78 is 0. The zero-order valence-corrected chi connectivity index (χ0v) is 10.5. The molecule has 0 bridgehead atoms.